The lowest BCUT2D eigenvalue weighted by Gasteiger charge is -2.23. The van der Waals surface area contributed by atoms with Crippen LogP contribution in [0.3, 0.4) is 0 Å². The van der Waals surface area contributed by atoms with E-state index in [0.717, 1.165) is 5.69 Å². The Bertz CT molecular complexity index is 885. The van der Waals surface area contributed by atoms with Gasteiger partial charge in [-0.05, 0) is 48.5 Å². The molecule has 1 amide bonds. The number of benzene rings is 2. The van der Waals surface area contributed by atoms with Crippen molar-refractivity contribution in [1.29, 1.82) is 0 Å². The molecule has 0 bridgehead atoms. The molecule has 5 nitrogen and oxygen atoms in total. The van der Waals surface area contributed by atoms with Gasteiger partial charge in [0.1, 0.15) is 11.5 Å². The number of aromatic hydroxyl groups is 1. The molecule has 0 unspecified atom stereocenters. The maximum Gasteiger partial charge on any atom is 0.230 e. The lowest BCUT2D eigenvalue weighted by molar-refractivity contribution is -0.119. The second-order valence-electron chi connectivity index (χ2n) is 5.84. The summed E-state index contributed by atoms with van der Waals surface area (Å²) in [6.45, 7) is 0.477. The lowest BCUT2D eigenvalue weighted by Crippen LogP contribution is -2.31. The summed E-state index contributed by atoms with van der Waals surface area (Å²) in [5.74, 6) is 0.516. The predicted molar refractivity (Wildman–Crippen MR) is 105 cm³/mol. The van der Waals surface area contributed by atoms with Crippen LogP contribution in [0.1, 0.15) is 12.1 Å². The van der Waals surface area contributed by atoms with E-state index in [1.165, 1.54) is 4.90 Å². The Morgan fingerprint density at radius 1 is 1.04 bits per heavy atom. The summed E-state index contributed by atoms with van der Waals surface area (Å²) >= 11 is 5.85. The van der Waals surface area contributed by atoms with Gasteiger partial charge in [-0.3, -0.25) is 9.78 Å². The van der Waals surface area contributed by atoms with Crippen molar-refractivity contribution in [3.8, 4) is 11.5 Å². The van der Waals surface area contributed by atoms with Crippen LogP contribution in [0.2, 0.25) is 5.02 Å². The summed E-state index contributed by atoms with van der Waals surface area (Å²) < 4.78 is 5.61. The zero-order valence-corrected chi connectivity index (χ0v) is 15.3. The molecule has 0 saturated carbocycles. The number of ether oxygens (including phenoxy) is 1. The molecule has 0 fully saturated rings. The number of phenols is 1. The minimum atomic E-state index is -0.170. The van der Waals surface area contributed by atoms with Gasteiger partial charge in [-0.15, -0.1) is 0 Å². The molecule has 0 saturated heterocycles. The van der Waals surface area contributed by atoms with E-state index in [9.17, 15) is 9.90 Å². The minimum Gasteiger partial charge on any atom is -0.506 e. The van der Waals surface area contributed by atoms with Gasteiger partial charge in [0.05, 0.1) is 31.0 Å². The molecule has 2 aromatic carbocycles. The van der Waals surface area contributed by atoms with Gasteiger partial charge in [0.25, 0.3) is 0 Å². The zero-order chi connectivity index (χ0) is 19.1. The fourth-order valence-corrected chi connectivity index (χ4v) is 2.70. The Hall–Kier alpha value is -3.05. The molecule has 0 aliphatic heterocycles. The molecule has 3 rings (SSSR count). The summed E-state index contributed by atoms with van der Waals surface area (Å²) in [7, 11) is 0. The van der Waals surface area contributed by atoms with Crippen LogP contribution >= 0.6 is 11.6 Å². The standard InChI is InChI=1S/C21H19ClN2O3/c22-16-8-10-18(11-9-16)27-14-12-21(26)24(15-17-5-3-4-13-23-17)19-6-1-2-7-20(19)25/h1-11,13,25H,12,14-15H2. The smallest absolute Gasteiger partial charge is 0.230 e. The monoisotopic (exact) mass is 382 g/mol. The van der Waals surface area contributed by atoms with E-state index in [1.807, 2.05) is 18.2 Å². The predicted octanol–water partition coefficient (Wildman–Crippen LogP) is 4.44. The van der Waals surface area contributed by atoms with Gasteiger partial charge >= 0.3 is 0 Å². The van der Waals surface area contributed by atoms with E-state index in [1.54, 1.807) is 54.7 Å². The van der Waals surface area contributed by atoms with Gasteiger partial charge in [0.15, 0.2) is 0 Å². The van der Waals surface area contributed by atoms with Crippen LogP contribution < -0.4 is 9.64 Å². The van der Waals surface area contributed by atoms with E-state index in [4.69, 9.17) is 16.3 Å². The molecular weight excluding hydrogens is 364 g/mol. The molecule has 3 aromatic rings. The number of rotatable bonds is 7. The van der Waals surface area contributed by atoms with E-state index < -0.39 is 0 Å². The summed E-state index contributed by atoms with van der Waals surface area (Å²) in [5, 5.41) is 10.8. The van der Waals surface area contributed by atoms with Gasteiger partial charge in [-0.25, -0.2) is 0 Å². The summed E-state index contributed by atoms with van der Waals surface area (Å²) in [6, 6.07) is 19.2. The van der Waals surface area contributed by atoms with Crippen LogP contribution in [0.5, 0.6) is 11.5 Å². The number of anilines is 1. The summed E-state index contributed by atoms with van der Waals surface area (Å²) in [4.78, 5) is 18.6. The fraction of sp³-hybridized carbons (Fsp3) is 0.143. The zero-order valence-electron chi connectivity index (χ0n) is 14.6. The van der Waals surface area contributed by atoms with Gasteiger partial charge in [-0.1, -0.05) is 29.8 Å². The Morgan fingerprint density at radius 2 is 1.78 bits per heavy atom. The van der Waals surface area contributed by atoms with Crippen LogP contribution in [0.15, 0.2) is 72.9 Å². The molecular formula is C21H19ClN2O3. The van der Waals surface area contributed by atoms with Crippen molar-refractivity contribution in [2.75, 3.05) is 11.5 Å². The largest absolute Gasteiger partial charge is 0.506 e. The first-order chi connectivity index (χ1) is 13.1. The van der Waals surface area contributed by atoms with Crippen molar-refractivity contribution in [3.63, 3.8) is 0 Å². The third-order valence-corrected chi connectivity index (χ3v) is 4.17. The highest BCUT2D eigenvalue weighted by atomic mass is 35.5. The molecule has 1 N–H and O–H groups in total. The van der Waals surface area contributed by atoms with Crippen molar-refractivity contribution < 1.29 is 14.6 Å². The Kier molecular flexibility index (Phi) is 6.28. The molecule has 6 heteroatoms. The number of carbonyl (C=O) groups excluding carboxylic acids is 1. The first-order valence-corrected chi connectivity index (χ1v) is 8.88. The maximum atomic E-state index is 12.8. The van der Waals surface area contributed by atoms with Crippen LogP contribution in [-0.2, 0) is 11.3 Å². The molecule has 138 valence electrons. The van der Waals surface area contributed by atoms with Crippen molar-refractivity contribution in [1.82, 2.24) is 4.98 Å². The van der Waals surface area contributed by atoms with E-state index >= 15 is 0 Å². The second kappa shape index (κ2) is 9.05. The van der Waals surface area contributed by atoms with Crippen molar-refractivity contribution >= 4 is 23.2 Å². The molecule has 0 spiro atoms. The lowest BCUT2D eigenvalue weighted by atomic mass is 10.2. The SMILES string of the molecule is O=C(CCOc1ccc(Cl)cc1)N(Cc1ccccn1)c1ccccc1O. The highest BCUT2D eigenvalue weighted by Gasteiger charge is 2.19. The number of hydrogen-bond acceptors (Lipinski definition) is 4. The van der Waals surface area contributed by atoms with Crippen molar-refractivity contribution in [2.45, 2.75) is 13.0 Å². The molecule has 1 heterocycles. The maximum absolute atomic E-state index is 12.8. The van der Waals surface area contributed by atoms with E-state index in [2.05, 4.69) is 4.98 Å². The topological polar surface area (TPSA) is 62.7 Å². The molecule has 0 atom stereocenters. The van der Waals surface area contributed by atoms with Crippen molar-refractivity contribution in [2.24, 2.45) is 0 Å². The minimum absolute atomic E-state index is 0.0420. The van der Waals surface area contributed by atoms with Crippen LogP contribution in [0.4, 0.5) is 5.69 Å². The van der Waals surface area contributed by atoms with Gasteiger partial charge in [-0.2, -0.15) is 0 Å². The Balaban J connectivity index is 1.70. The number of phenolic OH excluding ortho intramolecular Hbond substituents is 1. The number of amides is 1. The van der Waals surface area contributed by atoms with Crippen molar-refractivity contribution in [3.05, 3.63) is 83.6 Å². The highest BCUT2D eigenvalue weighted by molar-refractivity contribution is 6.30. The first kappa shape index (κ1) is 18.7. The number of para-hydroxylation sites is 2. The number of aromatic nitrogens is 1. The number of halogens is 1. The second-order valence-corrected chi connectivity index (χ2v) is 6.28. The van der Waals surface area contributed by atoms with E-state index in [-0.39, 0.29) is 31.2 Å². The Morgan fingerprint density at radius 3 is 2.48 bits per heavy atom. The molecule has 1 aromatic heterocycles. The third-order valence-electron chi connectivity index (χ3n) is 3.92. The number of hydrogen-bond donors (Lipinski definition) is 1. The Labute approximate surface area is 162 Å². The first-order valence-electron chi connectivity index (χ1n) is 8.50. The third kappa shape index (κ3) is 5.21. The van der Waals surface area contributed by atoms with Gasteiger partial charge in [0.2, 0.25) is 5.91 Å². The number of pyridine rings is 1. The fourth-order valence-electron chi connectivity index (χ4n) is 2.58. The number of carbonyl (C=O) groups is 1. The highest BCUT2D eigenvalue weighted by Crippen LogP contribution is 2.28. The molecule has 0 radical (unpaired) electrons. The summed E-state index contributed by atoms with van der Waals surface area (Å²) in [5.41, 5.74) is 1.17. The normalized spacial score (nSPS) is 10.4. The molecule has 27 heavy (non-hydrogen) atoms. The van der Waals surface area contributed by atoms with Gasteiger partial charge in [0, 0.05) is 11.2 Å². The summed E-state index contributed by atoms with van der Waals surface area (Å²) in [6.07, 6.45) is 1.83. The number of nitrogens with zero attached hydrogens (tertiary/aromatic N) is 2. The average molecular weight is 383 g/mol. The van der Waals surface area contributed by atoms with Gasteiger partial charge < -0.3 is 14.7 Å². The molecule has 0 aliphatic carbocycles. The van der Waals surface area contributed by atoms with Crippen LogP contribution in [0, 0.1) is 0 Å². The van der Waals surface area contributed by atoms with Crippen LogP contribution in [0.25, 0.3) is 0 Å². The molecule has 0 aliphatic rings. The quantitative estimate of drug-likeness (QED) is 0.656. The average Bonchev–Trinajstić information content (AvgIpc) is 2.69. The van der Waals surface area contributed by atoms with E-state index in [0.29, 0.717) is 16.5 Å². The van der Waals surface area contributed by atoms with Crippen LogP contribution in [-0.4, -0.2) is 22.6 Å².